The van der Waals surface area contributed by atoms with Crippen molar-refractivity contribution in [3.8, 4) is 11.5 Å². The van der Waals surface area contributed by atoms with Gasteiger partial charge in [0, 0.05) is 23.1 Å². The molecule has 6 nitrogen and oxygen atoms in total. The highest BCUT2D eigenvalue weighted by Gasteiger charge is 2.22. The Morgan fingerprint density at radius 2 is 2.00 bits per heavy atom. The van der Waals surface area contributed by atoms with E-state index in [0.29, 0.717) is 17.2 Å². The van der Waals surface area contributed by atoms with Crippen LogP contribution in [0.3, 0.4) is 0 Å². The fourth-order valence-electron chi connectivity index (χ4n) is 3.56. The van der Waals surface area contributed by atoms with E-state index in [-0.39, 0.29) is 11.2 Å². The van der Waals surface area contributed by atoms with Crippen LogP contribution < -0.4 is 5.32 Å². The minimum atomic E-state index is -0.274. The first-order valence-corrected chi connectivity index (χ1v) is 10.5. The van der Waals surface area contributed by atoms with Gasteiger partial charge in [0.15, 0.2) is 0 Å². The molecule has 0 saturated heterocycles. The number of nitrogens with one attached hydrogen (secondary N) is 2. The van der Waals surface area contributed by atoms with Crippen molar-refractivity contribution in [1.82, 2.24) is 20.5 Å². The predicted octanol–water partition coefficient (Wildman–Crippen LogP) is 4.54. The molecule has 1 atom stereocenters. The van der Waals surface area contributed by atoms with E-state index in [4.69, 9.17) is 4.42 Å². The third-order valence-electron chi connectivity index (χ3n) is 5.07. The summed E-state index contributed by atoms with van der Waals surface area (Å²) in [4.78, 5) is 15.7. The van der Waals surface area contributed by atoms with E-state index in [9.17, 15) is 4.79 Å². The van der Waals surface area contributed by atoms with Gasteiger partial charge in [0.25, 0.3) is 11.1 Å². The number of hydrogen-bond donors (Lipinski definition) is 2. The SMILES string of the molecule is C[C@H](Sc1nnc(-c2c[nH]c3ccccc23)o1)C(=O)NC1CCCCCC1. The number of thioether (sulfide) groups is 1. The lowest BCUT2D eigenvalue weighted by Crippen LogP contribution is -2.39. The number of benzene rings is 1. The van der Waals surface area contributed by atoms with Gasteiger partial charge in [-0.1, -0.05) is 55.6 Å². The Labute approximate surface area is 162 Å². The Kier molecular flexibility index (Phi) is 5.48. The molecule has 0 unspecified atom stereocenters. The van der Waals surface area contributed by atoms with Crippen LogP contribution in [-0.2, 0) is 4.79 Å². The average molecular weight is 385 g/mol. The number of nitrogens with zero attached hydrogens (tertiary/aromatic N) is 2. The first-order chi connectivity index (χ1) is 13.2. The number of aromatic amines is 1. The van der Waals surface area contributed by atoms with Gasteiger partial charge in [-0.3, -0.25) is 4.79 Å². The van der Waals surface area contributed by atoms with E-state index in [0.717, 1.165) is 29.3 Å². The van der Waals surface area contributed by atoms with Crippen molar-refractivity contribution in [3.05, 3.63) is 30.5 Å². The Hall–Kier alpha value is -2.28. The number of hydrogen-bond acceptors (Lipinski definition) is 5. The summed E-state index contributed by atoms with van der Waals surface area (Å²) >= 11 is 1.31. The number of amides is 1. The molecule has 1 fully saturated rings. The molecule has 2 aromatic heterocycles. The molecule has 4 rings (SSSR count). The van der Waals surface area contributed by atoms with Crippen LogP contribution in [0.2, 0.25) is 0 Å². The average Bonchev–Trinajstić information content (AvgIpc) is 3.22. The number of H-pyrrole nitrogens is 1. The second-order valence-electron chi connectivity index (χ2n) is 7.08. The normalized spacial score (nSPS) is 16.9. The van der Waals surface area contributed by atoms with Gasteiger partial charge in [-0.05, 0) is 25.8 Å². The van der Waals surface area contributed by atoms with Gasteiger partial charge >= 0.3 is 0 Å². The molecule has 2 N–H and O–H groups in total. The van der Waals surface area contributed by atoms with Crippen LogP contribution in [0.4, 0.5) is 0 Å². The van der Waals surface area contributed by atoms with E-state index < -0.39 is 0 Å². The van der Waals surface area contributed by atoms with Crippen molar-refractivity contribution in [2.75, 3.05) is 0 Å². The third-order valence-corrected chi connectivity index (χ3v) is 6.01. The summed E-state index contributed by atoms with van der Waals surface area (Å²) in [7, 11) is 0. The largest absolute Gasteiger partial charge is 0.411 e. The second kappa shape index (κ2) is 8.17. The number of carbonyl (C=O) groups is 1. The van der Waals surface area contributed by atoms with E-state index in [2.05, 4.69) is 20.5 Å². The zero-order valence-electron chi connectivity index (χ0n) is 15.4. The fraction of sp³-hybridized carbons (Fsp3) is 0.450. The van der Waals surface area contributed by atoms with Crippen LogP contribution in [0.25, 0.3) is 22.4 Å². The molecule has 7 heteroatoms. The maximum Gasteiger partial charge on any atom is 0.277 e. The van der Waals surface area contributed by atoms with Crippen LogP contribution in [0, 0.1) is 0 Å². The number of para-hydroxylation sites is 1. The van der Waals surface area contributed by atoms with Gasteiger partial charge < -0.3 is 14.7 Å². The van der Waals surface area contributed by atoms with Gasteiger partial charge in [-0.2, -0.15) is 0 Å². The lowest BCUT2D eigenvalue weighted by atomic mass is 10.1. The molecular weight excluding hydrogens is 360 g/mol. The quantitative estimate of drug-likeness (QED) is 0.498. The molecule has 1 aliphatic rings. The minimum absolute atomic E-state index is 0.0405. The van der Waals surface area contributed by atoms with Gasteiger partial charge in [0.2, 0.25) is 5.91 Å². The molecule has 1 aromatic carbocycles. The summed E-state index contributed by atoms with van der Waals surface area (Å²) in [6.07, 6.45) is 8.97. The molecule has 1 amide bonds. The van der Waals surface area contributed by atoms with Crippen LogP contribution in [-0.4, -0.2) is 32.4 Å². The third kappa shape index (κ3) is 4.18. The fourth-order valence-corrected chi connectivity index (χ4v) is 4.25. The highest BCUT2D eigenvalue weighted by Crippen LogP contribution is 2.30. The Balaban J connectivity index is 1.40. The Morgan fingerprint density at radius 1 is 1.22 bits per heavy atom. The molecular formula is C20H24N4O2S. The second-order valence-corrected chi connectivity index (χ2v) is 8.37. The molecule has 0 radical (unpaired) electrons. The van der Waals surface area contributed by atoms with E-state index in [1.54, 1.807) is 0 Å². The minimum Gasteiger partial charge on any atom is -0.411 e. The number of aromatic nitrogens is 3. The predicted molar refractivity (Wildman–Crippen MR) is 107 cm³/mol. The standard InChI is InChI=1S/C20H24N4O2S/c1-13(18(25)22-14-8-4-2-3-5-9-14)27-20-24-23-19(26-20)16-12-21-17-11-7-6-10-15(16)17/h6-7,10-14,21H,2-5,8-9H2,1H3,(H,22,25)/t13-/m0/s1. The van der Waals surface area contributed by atoms with Crippen molar-refractivity contribution in [2.24, 2.45) is 0 Å². The van der Waals surface area contributed by atoms with Crippen molar-refractivity contribution < 1.29 is 9.21 Å². The first kappa shape index (κ1) is 18.1. The molecule has 142 valence electrons. The molecule has 0 aliphatic heterocycles. The summed E-state index contributed by atoms with van der Waals surface area (Å²) in [5.74, 6) is 0.505. The summed E-state index contributed by atoms with van der Waals surface area (Å²) in [5.41, 5.74) is 1.90. The highest BCUT2D eigenvalue weighted by atomic mass is 32.2. The number of rotatable bonds is 5. The van der Waals surface area contributed by atoms with Gasteiger partial charge in [-0.15, -0.1) is 10.2 Å². The maximum absolute atomic E-state index is 12.5. The molecule has 0 bridgehead atoms. The zero-order valence-corrected chi connectivity index (χ0v) is 16.2. The highest BCUT2D eigenvalue weighted by molar-refractivity contribution is 8.00. The summed E-state index contributed by atoms with van der Waals surface area (Å²) in [5, 5.41) is 12.6. The van der Waals surface area contributed by atoms with Crippen LogP contribution in [0.5, 0.6) is 0 Å². The van der Waals surface area contributed by atoms with Gasteiger partial charge in [0.05, 0.1) is 10.8 Å². The molecule has 27 heavy (non-hydrogen) atoms. The van der Waals surface area contributed by atoms with Crippen molar-refractivity contribution in [3.63, 3.8) is 0 Å². The van der Waals surface area contributed by atoms with Crippen molar-refractivity contribution in [2.45, 2.75) is 62.0 Å². The monoisotopic (exact) mass is 384 g/mol. The number of carbonyl (C=O) groups excluding carboxylic acids is 1. The van der Waals surface area contributed by atoms with E-state index in [1.807, 2.05) is 37.4 Å². The van der Waals surface area contributed by atoms with Crippen molar-refractivity contribution in [1.29, 1.82) is 0 Å². The molecule has 3 aromatic rings. The van der Waals surface area contributed by atoms with Gasteiger partial charge in [0.1, 0.15) is 0 Å². The summed E-state index contributed by atoms with van der Waals surface area (Å²) in [6, 6.07) is 8.27. The summed E-state index contributed by atoms with van der Waals surface area (Å²) < 4.78 is 5.81. The smallest absolute Gasteiger partial charge is 0.277 e. The van der Waals surface area contributed by atoms with Crippen LogP contribution in [0.15, 0.2) is 40.1 Å². The van der Waals surface area contributed by atoms with Crippen molar-refractivity contribution >= 4 is 28.6 Å². The number of fused-ring (bicyclic) bond motifs is 1. The molecule has 1 saturated carbocycles. The topological polar surface area (TPSA) is 83.8 Å². The lowest BCUT2D eigenvalue weighted by Gasteiger charge is -2.18. The van der Waals surface area contributed by atoms with E-state index >= 15 is 0 Å². The lowest BCUT2D eigenvalue weighted by molar-refractivity contribution is -0.121. The Bertz CT molecular complexity index is 911. The zero-order chi connectivity index (χ0) is 18.6. The molecule has 1 aliphatic carbocycles. The Morgan fingerprint density at radius 3 is 2.81 bits per heavy atom. The van der Waals surface area contributed by atoms with Gasteiger partial charge in [-0.25, -0.2) is 0 Å². The van der Waals surface area contributed by atoms with Crippen LogP contribution >= 0.6 is 11.8 Å². The molecule has 0 spiro atoms. The maximum atomic E-state index is 12.5. The van der Waals surface area contributed by atoms with Crippen LogP contribution in [0.1, 0.15) is 45.4 Å². The molecule has 2 heterocycles. The first-order valence-electron chi connectivity index (χ1n) is 9.58. The summed E-state index contributed by atoms with van der Waals surface area (Å²) in [6.45, 7) is 1.88. The van der Waals surface area contributed by atoms with E-state index in [1.165, 1.54) is 37.4 Å².